The van der Waals surface area contributed by atoms with Crippen molar-refractivity contribution in [1.82, 2.24) is 5.32 Å². The average molecular weight is 313 g/mol. The van der Waals surface area contributed by atoms with E-state index in [1.54, 1.807) is 19.1 Å². The van der Waals surface area contributed by atoms with Crippen molar-refractivity contribution in [2.45, 2.75) is 40.2 Å². The van der Waals surface area contributed by atoms with Gasteiger partial charge in [0.2, 0.25) is 0 Å². The second-order valence-corrected chi connectivity index (χ2v) is 6.47. The van der Waals surface area contributed by atoms with Gasteiger partial charge >= 0.3 is 0 Å². The summed E-state index contributed by atoms with van der Waals surface area (Å²) in [6, 6.07) is 4.46. The lowest BCUT2D eigenvalue weighted by Gasteiger charge is -2.31. The first-order chi connectivity index (χ1) is 9.68. The Balaban J connectivity index is 3.11. The van der Waals surface area contributed by atoms with Gasteiger partial charge in [-0.3, -0.25) is 14.9 Å². The minimum absolute atomic E-state index is 0.117. The number of aryl methyl sites for hydroxylation is 1. The van der Waals surface area contributed by atoms with Crippen molar-refractivity contribution < 1.29 is 9.72 Å². The molecule has 0 radical (unpaired) electrons. The topological polar surface area (TPSA) is 72.2 Å². The van der Waals surface area contributed by atoms with E-state index in [0.717, 1.165) is 0 Å². The molecule has 0 heterocycles. The summed E-state index contributed by atoms with van der Waals surface area (Å²) in [5.41, 5.74) is 0.347. The van der Waals surface area contributed by atoms with Gasteiger partial charge in [-0.2, -0.15) is 0 Å². The molecule has 1 unspecified atom stereocenters. The summed E-state index contributed by atoms with van der Waals surface area (Å²) in [4.78, 5) is 23.0. The van der Waals surface area contributed by atoms with E-state index in [9.17, 15) is 14.9 Å². The van der Waals surface area contributed by atoms with Crippen LogP contribution in [0.2, 0.25) is 0 Å². The largest absolute Gasteiger partial charge is 0.349 e. The molecule has 0 saturated carbocycles. The Labute approximate surface area is 129 Å². The van der Waals surface area contributed by atoms with Gasteiger partial charge in [0.1, 0.15) is 5.56 Å². The molecule has 0 saturated heterocycles. The summed E-state index contributed by atoms with van der Waals surface area (Å²) in [6.07, 6.45) is 0.608. The third-order valence-corrected chi connectivity index (χ3v) is 3.64. The fourth-order valence-electron chi connectivity index (χ4n) is 2.16. The number of amides is 1. The lowest BCUT2D eigenvalue weighted by Crippen LogP contribution is -2.44. The Bertz CT molecular complexity index is 538. The number of nitrogens with one attached hydrogen (secondary N) is 1. The lowest BCUT2D eigenvalue weighted by atomic mass is 9.85. The molecule has 1 aromatic rings. The Morgan fingerprint density at radius 2 is 2.05 bits per heavy atom. The third-order valence-electron chi connectivity index (χ3n) is 3.42. The summed E-state index contributed by atoms with van der Waals surface area (Å²) in [5, 5.41) is 14.0. The van der Waals surface area contributed by atoms with Crippen LogP contribution in [0.4, 0.5) is 5.69 Å². The maximum absolute atomic E-state index is 12.5. The number of alkyl halides is 1. The van der Waals surface area contributed by atoms with Crippen molar-refractivity contribution in [3.8, 4) is 0 Å². The zero-order chi connectivity index (χ0) is 16.2. The first-order valence-corrected chi connectivity index (χ1v) is 7.32. The molecular weight excluding hydrogens is 292 g/mol. The molecular formula is C15H21ClN2O3. The van der Waals surface area contributed by atoms with Gasteiger partial charge in [-0.05, 0) is 24.3 Å². The molecule has 0 aliphatic heterocycles. The number of hydrogen-bond acceptors (Lipinski definition) is 3. The smallest absolute Gasteiger partial charge is 0.282 e. The fraction of sp³-hybridized carbons (Fsp3) is 0.533. The van der Waals surface area contributed by atoms with E-state index in [-0.39, 0.29) is 22.7 Å². The summed E-state index contributed by atoms with van der Waals surface area (Å²) in [5.74, 6) is -0.0113. The zero-order valence-electron chi connectivity index (χ0n) is 12.8. The molecule has 1 atom stereocenters. The molecule has 0 spiro atoms. The highest BCUT2D eigenvalue weighted by molar-refractivity contribution is 6.17. The van der Waals surface area contributed by atoms with Gasteiger partial charge in [0, 0.05) is 18.0 Å². The number of nitro groups is 1. The molecule has 0 aliphatic rings. The van der Waals surface area contributed by atoms with Gasteiger partial charge in [0.05, 0.1) is 4.92 Å². The van der Waals surface area contributed by atoms with Crippen molar-refractivity contribution in [3.05, 3.63) is 39.4 Å². The number of nitrogens with zero attached hydrogens (tertiary/aromatic N) is 1. The van der Waals surface area contributed by atoms with E-state index in [2.05, 4.69) is 5.32 Å². The Hall–Kier alpha value is -1.62. The summed E-state index contributed by atoms with van der Waals surface area (Å²) >= 11 is 5.79. The van der Waals surface area contributed by atoms with Crippen LogP contribution >= 0.6 is 11.6 Å². The lowest BCUT2D eigenvalue weighted by molar-refractivity contribution is -0.385. The van der Waals surface area contributed by atoms with Crippen molar-refractivity contribution in [2.75, 3.05) is 5.88 Å². The van der Waals surface area contributed by atoms with E-state index >= 15 is 0 Å². The first-order valence-electron chi connectivity index (χ1n) is 6.79. The Morgan fingerprint density at radius 3 is 2.52 bits per heavy atom. The Kier molecular flexibility index (Phi) is 5.72. The molecule has 6 heteroatoms. The highest BCUT2D eigenvalue weighted by Gasteiger charge is 2.29. The van der Waals surface area contributed by atoms with E-state index in [4.69, 9.17) is 11.6 Å². The first kappa shape index (κ1) is 17.4. The van der Waals surface area contributed by atoms with E-state index in [1.807, 2.05) is 20.8 Å². The van der Waals surface area contributed by atoms with Crippen LogP contribution in [0.5, 0.6) is 0 Å². The maximum atomic E-state index is 12.5. The number of halogens is 1. The van der Waals surface area contributed by atoms with Crippen LogP contribution in [0.25, 0.3) is 0 Å². The molecule has 1 N–H and O–H groups in total. The van der Waals surface area contributed by atoms with Gasteiger partial charge in [0.25, 0.3) is 11.6 Å². The summed E-state index contributed by atoms with van der Waals surface area (Å²) in [7, 11) is 0. The van der Waals surface area contributed by atoms with Crippen LogP contribution in [0.15, 0.2) is 18.2 Å². The van der Waals surface area contributed by atoms with Crippen LogP contribution < -0.4 is 5.32 Å². The van der Waals surface area contributed by atoms with Crippen molar-refractivity contribution in [3.63, 3.8) is 0 Å². The second-order valence-electron chi connectivity index (χ2n) is 6.10. The van der Waals surface area contributed by atoms with Crippen LogP contribution in [0.1, 0.15) is 43.1 Å². The van der Waals surface area contributed by atoms with Gasteiger partial charge in [-0.15, -0.1) is 11.6 Å². The van der Waals surface area contributed by atoms with Crippen molar-refractivity contribution in [2.24, 2.45) is 5.41 Å². The minimum Gasteiger partial charge on any atom is -0.349 e. The minimum atomic E-state index is -0.532. The molecule has 1 amide bonds. The molecule has 0 bridgehead atoms. The van der Waals surface area contributed by atoms with Gasteiger partial charge in [0.15, 0.2) is 0 Å². The predicted octanol–water partition coefficient (Wildman–Crippen LogP) is 3.68. The van der Waals surface area contributed by atoms with Crippen LogP contribution in [-0.2, 0) is 0 Å². The standard InChI is InChI=1S/C15H21ClN2O3/c1-10-6-5-7-11(18(20)21)13(10)14(19)17-12(8-9-16)15(2,3)4/h5-7,12H,8-9H2,1-4H3,(H,17,19). The molecule has 0 aromatic heterocycles. The van der Waals surface area contributed by atoms with E-state index < -0.39 is 10.8 Å². The molecule has 1 rings (SSSR count). The van der Waals surface area contributed by atoms with Gasteiger partial charge in [-0.1, -0.05) is 32.9 Å². The number of nitro benzene ring substituents is 1. The zero-order valence-corrected chi connectivity index (χ0v) is 13.5. The number of rotatable bonds is 5. The van der Waals surface area contributed by atoms with Gasteiger partial charge < -0.3 is 5.32 Å². The number of carbonyl (C=O) groups is 1. The highest BCUT2D eigenvalue weighted by Crippen LogP contribution is 2.25. The second kappa shape index (κ2) is 6.89. The maximum Gasteiger partial charge on any atom is 0.282 e. The van der Waals surface area contributed by atoms with Crippen molar-refractivity contribution in [1.29, 1.82) is 0 Å². The molecule has 0 aliphatic carbocycles. The quantitative estimate of drug-likeness (QED) is 0.512. The van der Waals surface area contributed by atoms with E-state index in [0.29, 0.717) is 17.9 Å². The summed E-state index contributed by atoms with van der Waals surface area (Å²) in [6.45, 7) is 7.68. The normalized spacial score (nSPS) is 12.8. The average Bonchev–Trinajstić information content (AvgIpc) is 2.36. The highest BCUT2D eigenvalue weighted by atomic mass is 35.5. The van der Waals surface area contributed by atoms with Crippen LogP contribution in [0.3, 0.4) is 0 Å². The molecule has 116 valence electrons. The van der Waals surface area contributed by atoms with E-state index in [1.165, 1.54) is 6.07 Å². The van der Waals surface area contributed by atoms with Gasteiger partial charge in [-0.25, -0.2) is 0 Å². The molecule has 1 aromatic carbocycles. The fourth-order valence-corrected chi connectivity index (χ4v) is 2.38. The number of carbonyl (C=O) groups excluding carboxylic acids is 1. The summed E-state index contributed by atoms with van der Waals surface area (Å²) < 4.78 is 0. The molecule has 0 fully saturated rings. The van der Waals surface area contributed by atoms with Crippen LogP contribution in [-0.4, -0.2) is 22.8 Å². The number of benzene rings is 1. The monoisotopic (exact) mass is 312 g/mol. The number of hydrogen-bond donors (Lipinski definition) is 1. The third kappa shape index (κ3) is 4.43. The molecule has 5 nitrogen and oxygen atoms in total. The molecule has 21 heavy (non-hydrogen) atoms. The SMILES string of the molecule is Cc1cccc([N+](=O)[O-])c1C(=O)NC(CCCl)C(C)(C)C. The van der Waals surface area contributed by atoms with Crippen molar-refractivity contribution >= 4 is 23.2 Å². The Morgan fingerprint density at radius 1 is 1.43 bits per heavy atom. The van der Waals surface area contributed by atoms with Crippen LogP contribution in [0, 0.1) is 22.5 Å². The predicted molar refractivity (Wildman–Crippen MR) is 83.9 cm³/mol.